The molecule has 5 nitrogen and oxygen atoms in total. The number of ketones is 1. The van der Waals surface area contributed by atoms with Gasteiger partial charge in [0.2, 0.25) is 0 Å². The first-order valence-corrected chi connectivity index (χ1v) is 5.47. The number of nitrogens with one attached hydrogen (secondary N) is 1. The zero-order valence-corrected chi connectivity index (χ0v) is 9.39. The molecule has 0 spiro atoms. The second-order valence-electron chi connectivity index (χ2n) is 4.08. The van der Waals surface area contributed by atoms with Crippen LogP contribution in [0.3, 0.4) is 0 Å². The van der Waals surface area contributed by atoms with Gasteiger partial charge in [-0.15, -0.1) is 0 Å². The van der Waals surface area contributed by atoms with Crippen molar-refractivity contribution in [1.82, 2.24) is 20.2 Å². The molecule has 0 bridgehead atoms. The number of likely N-dealkylation sites (N-methyl/N-ethyl adjacent to an activating group) is 1. The van der Waals surface area contributed by atoms with Crippen LogP contribution < -0.4 is 5.32 Å². The molecule has 86 valence electrons. The molecule has 1 fully saturated rings. The van der Waals surface area contributed by atoms with E-state index in [2.05, 4.69) is 20.2 Å². The van der Waals surface area contributed by atoms with Gasteiger partial charge in [0.15, 0.2) is 5.78 Å². The topological polar surface area (TPSA) is 58.1 Å². The minimum atomic E-state index is 0.0301. The highest BCUT2D eigenvalue weighted by Gasteiger charge is 2.21. The lowest BCUT2D eigenvalue weighted by Gasteiger charge is -2.22. The monoisotopic (exact) mass is 220 g/mol. The summed E-state index contributed by atoms with van der Waals surface area (Å²) in [7, 11) is 1.98. The van der Waals surface area contributed by atoms with Crippen molar-refractivity contribution in [2.45, 2.75) is 12.5 Å². The maximum atomic E-state index is 11.8. The minimum absolute atomic E-state index is 0.0301. The molecule has 0 aromatic carbocycles. The minimum Gasteiger partial charge on any atom is -0.315 e. The molecule has 1 aromatic heterocycles. The van der Waals surface area contributed by atoms with Gasteiger partial charge in [-0.1, -0.05) is 0 Å². The quantitative estimate of drug-likeness (QED) is 0.721. The zero-order chi connectivity index (χ0) is 11.4. The molecule has 16 heavy (non-hydrogen) atoms. The fourth-order valence-electron chi connectivity index (χ4n) is 1.90. The second-order valence-corrected chi connectivity index (χ2v) is 4.08. The van der Waals surface area contributed by atoms with Gasteiger partial charge < -0.3 is 5.32 Å². The van der Waals surface area contributed by atoms with Crippen LogP contribution in [-0.4, -0.2) is 53.4 Å². The van der Waals surface area contributed by atoms with Gasteiger partial charge in [-0.2, -0.15) is 0 Å². The summed E-state index contributed by atoms with van der Waals surface area (Å²) in [5.41, 5.74) is 0.445. The number of hydrogen-bond donors (Lipinski definition) is 1. The van der Waals surface area contributed by atoms with Crippen LogP contribution in [0.1, 0.15) is 16.9 Å². The summed E-state index contributed by atoms with van der Waals surface area (Å²) < 4.78 is 0. The molecular weight excluding hydrogens is 204 g/mol. The summed E-state index contributed by atoms with van der Waals surface area (Å²) >= 11 is 0. The van der Waals surface area contributed by atoms with E-state index in [1.54, 1.807) is 12.4 Å². The summed E-state index contributed by atoms with van der Waals surface area (Å²) in [6.45, 7) is 2.41. The molecule has 2 rings (SSSR count). The van der Waals surface area contributed by atoms with E-state index in [0.29, 0.717) is 18.3 Å². The zero-order valence-electron chi connectivity index (χ0n) is 9.39. The van der Waals surface area contributed by atoms with Crippen molar-refractivity contribution in [1.29, 1.82) is 0 Å². The Kier molecular flexibility index (Phi) is 3.58. The van der Waals surface area contributed by atoms with Crippen molar-refractivity contribution in [2.24, 2.45) is 0 Å². The smallest absolute Gasteiger partial charge is 0.196 e. The van der Waals surface area contributed by atoms with E-state index >= 15 is 0 Å². The van der Waals surface area contributed by atoms with Crippen LogP contribution in [0.5, 0.6) is 0 Å². The van der Waals surface area contributed by atoms with Crippen LogP contribution in [0.25, 0.3) is 0 Å². The van der Waals surface area contributed by atoms with E-state index in [0.717, 1.165) is 19.5 Å². The SMILES string of the molecule is CN(CC(=O)c1cnccn1)[C@@H]1CCNC1. The lowest BCUT2D eigenvalue weighted by atomic mass is 10.2. The molecule has 0 amide bonds. The summed E-state index contributed by atoms with van der Waals surface area (Å²) in [5, 5.41) is 3.29. The highest BCUT2D eigenvalue weighted by Crippen LogP contribution is 2.06. The number of aromatic nitrogens is 2. The average molecular weight is 220 g/mol. The molecule has 1 atom stereocenters. The number of carbonyl (C=O) groups excluding carboxylic acids is 1. The lowest BCUT2D eigenvalue weighted by Crippen LogP contribution is -2.37. The van der Waals surface area contributed by atoms with Gasteiger partial charge in [-0.3, -0.25) is 14.7 Å². The molecule has 1 aromatic rings. The summed E-state index contributed by atoms with van der Waals surface area (Å²) in [4.78, 5) is 21.8. The normalized spacial score (nSPS) is 20.2. The van der Waals surface area contributed by atoms with Crippen LogP contribution in [0, 0.1) is 0 Å². The fraction of sp³-hybridized carbons (Fsp3) is 0.545. The fourth-order valence-corrected chi connectivity index (χ4v) is 1.90. The number of nitrogens with zero attached hydrogens (tertiary/aromatic N) is 3. The first-order chi connectivity index (χ1) is 7.77. The Balaban J connectivity index is 1.92. The summed E-state index contributed by atoms with van der Waals surface area (Å²) in [6, 6.07) is 0.459. The molecule has 0 radical (unpaired) electrons. The third-order valence-corrected chi connectivity index (χ3v) is 2.90. The predicted octanol–water partition coefficient (Wildman–Crippen LogP) is -0.0470. The predicted molar refractivity (Wildman–Crippen MR) is 60.3 cm³/mol. The molecule has 0 saturated carbocycles. The maximum Gasteiger partial charge on any atom is 0.196 e. The van der Waals surface area contributed by atoms with Crippen molar-refractivity contribution in [3.05, 3.63) is 24.3 Å². The van der Waals surface area contributed by atoms with Crippen LogP contribution in [0.15, 0.2) is 18.6 Å². The van der Waals surface area contributed by atoms with Gasteiger partial charge in [0.05, 0.1) is 12.7 Å². The molecule has 0 aliphatic carbocycles. The standard InChI is InChI=1S/C11H16N4O/c1-15(9-2-3-12-6-9)8-11(16)10-7-13-4-5-14-10/h4-5,7,9,12H,2-3,6,8H2,1H3/t9-/m1/s1. The maximum absolute atomic E-state index is 11.8. The van der Waals surface area contributed by atoms with Crippen molar-refractivity contribution in [2.75, 3.05) is 26.7 Å². The van der Waals surface area contributed by atoms with Crippen LogP contribution in [-0.2, 0) is 0 Å². The Hall–Kier alpha value is -1.33. The van der Waals surface area contributed by atoms with E-state index in [9.17, 15) is 4.79 Å². The summed E-state index contributed by atoms with van der Waals surface area (Å²) in [5.74, 6) is 0.0301. The van der Waals surface area contributed by atoms with Crippen molar-refractivity contribution in [3.63, 3.8) is 0 Å². The van der Waals surface area contributed by atoms with Gasteiger partial charge in [0, 0.05) is 25.0 Å². The second kappa shape index (κ2) is 5.14. The number of carbonyl (C=O) groups is 1. The lowest BCUT2D eigenvalue weighted by molar-refractivity contribution is 0.0919. The first kappa shape index (κ1) is 11.2. The highest BCUT2D eigenvalue weighted by molar-refractivity contribution is 5.95. The van der Waals surface area contributed by atoms with E-state index in [-0.39, 0.29) is 5.78 Å². The molecule has 2 heterocycles. The largest absolute Gasteiger partial charge is 0.315 e. The molecule has 0 unspecified atom stereocenters. The van der Waals surface area contributed by atoms with Gasteiger partial charge in [0.1, 0.15) is 5.69 Å². The Bertz CT molecular complexity index is 348. The molecule has 1 N–H and O–H groups in total. The number of rotatable bonds is 4. The molecule has 1 aliphatic heterocycles. The van der Waals surface area contributed by atoms with Gasteiger partial charge in [-0.05, 0) is 20.0 Å². The third-order valence-electron chi connectivity index (χ3n) is 2.90. The Morgan fingerprint density at radius 1 is 1.62 bits per heavy atom. The van der Waals surface area contributed by atoms with Crippen LogP contribution in [0.2, 0.25) is 0 Å². The first-order valence-electron chi connectivity index (χ1n) is 5.47. The summed E-state index contributed by atoms with van der Waals surface area (Å²) in [6.07, 6.45) is 5.74. The Morgan fingerprint density at radius 2 is 2.50 bits per heavy atom. The molecular formula is C11H16N4O. The van der Waals surface area contributed by atoms with E-state index < -0.39 is 0 Å². The van der Waals surface area contributed by atoms with E-state index in [1.165, 1.54) is 6.20 Å². The van der Waals surface area contributed by atoms with Crippen LogP contribution >= 0.6 is 0 Å². The number of hydrogen-bond acceptors (Lipinski definition) is 5. The van der Waals surface area contributed by atoms with Gasteiger partial charge in [-0.25, -0.2) is 4.98 Å². The average Bonchev–Trinajstić information content (AvgIpc) is 2.83. The Labute approximate surface area is 94.9 Å². The van der Waals surface area contributed by atoms with E-state index in [1.807, 2.05) is 7.05 Å². The third kappa shape index (κ3) is 2.62. The highest BCUT2D eigenvalue weighted by atomic mass is 16.1. The van der Waals surface area contributed by atoms with Crippen LogP contribution in [0.4, 0.5) is 0 Å². The molecule has 1 aliphatic rings. The van der Waals surface area contributed by atoms with Gasteiger partial charge in [0.25, 0.3) is 0 Å². The Morgan fingerprint density at radius 3 is 3.12 bits per heavy atom. The molecule has 5 heteroatoms. The van der Waals surface area contributed by atoms with Crippen molar-refractivity contribution < 1.29 is 4.79 Å². The van der Waals surface area contributed by atoms with E-state index in [4.69, 9.17) is 0 Å². The number of Topliss-reactive ketones (excluding diaryl/α,β-unsaturated/α-hetero) is 1. The van der Waals surface area contributed by atoms with Gasteiger partial charge >= 0.3 is 0 Å². The van der Waals surface area contributed by atoms with Crippen molar-refractivity contribution in [3.8, 4) is 0 Å². The van der Waals surface area contributed by atoms with Crippen molar-refractivity contribution >= 4 is 5.78 Å². The molecule has 1 saturated heterocycles.